The van der Waals surface area contributed by atoms with Crippen LogP contribution in [0.1, 0.15) is 17.3 Å². The van der Waals surface area contributed by atoms with Crippen LogP contribution in [-0.4, -0.2) is 25.7 Å². The van der Waals surface area contributed by atoms with E-state index >= 15 is 0 Å². The number of carboxylic acid groups (broad SMARTS) is 1. The van der Waals surface area contributed by atoms with Crippen molar-refractivity contribution in [3.05, 3.63) is 58.7 Å². The van der Waals surface area contributed by atoms with Crippen LogP contribution in [0.3, 0.4) is 0 Å². The van der Waals surface area contributed by atoms with Gasteiger partial charge in [0.05, 0.1) is 17.5 Å². The summed E-state index contributed by atoms with van der Waals surface area (Å²) in [5.74, 6) is -0.144. The number of phenolic OH excluding ortho intramolecular Hbond substituents is 1. The first-order chi connectivity index (χ1) is 12.0. The van der Waals surface area contributed by atoms with Crippen molar-refractivity contribution in [2.45, 2.75) is 13.5 Å². The van der Waals surface area contributed by atoms with Gasteiger partial charge in [0.25, 0.3) is 0 Å². The van der Waals surface area contributed by atoms with Gasteiger partial charge in [-0.05, 0) is 49.4 Å². The quantitative estimate of drug-likeness (QED) is 0.586. The molecule has 0 aliphatic carbocycles. The Kier molecular flexibility index (Phi) is 4.76. The van der Waals surface area contributed by atoms with Gasteiger partial charge in [-0.3, -0.25) is 0 Å². The van der Waals surface area contributed by atoms with Gasteiger partial charge in [-0.25, -0.2) is 9.78 Å². The van der Waals surface area contributed by atoms with Crippen LogP contribution in [0.15, 0.2) is 53.1 Å². The van der Waals surface area contributed by atoms with Crippen molar-refractivity contribution in [3.8, 4) is 17.0 Å². The van der Waals surface area contributed by atoms with Crippen LogP contribution in [-0.2, 0) is 6.54 Å². The third-order valence-electron chi connectivity index (χ3n) is 3.79. The van der Waals surface area contributed by atoms with Crippen molar-refractivity contribution in [1.29, 1.82) is 0 Å². The van der Waals surface area contributed by atoms with Crippen molar-refractivity contribution in [1.82, 2.24) is 9.55 Å². The Labute approximate surface area is 152 Å². The number of phenols is 1. The van der Waals surface area contributed by atoms with Gasteiger partial charge in [-0.2, -0.15) is 0 Å². The minimum atomic E-state index is -0.961. The largest absolute Gasteiger partial charge is 0.508 e. The fourth-order valence-electron chi connectivity index (χ4n) is 2.55. The van der Waals surface area contributed by atoms with Crippen LogP contribution in [0.2, 0.25) is 0 Å². The zero-order valence-electron chi connectivity index (χ0n) is 13.4. The van der Waals surface area contributed by atoms with E-state index in [9.17, 15) is 9.90 Å². The Bertz CT molecular complexity index is 920. The lowest BCUT2D eigenvalue weighted by atomic mass is 10.1. The molecular formula is C18H16BrN3O3. The van der Waals surface area contributed by atoms with Gasteiger partial charge in [0, 0.05) is 22.3 Å². The van der Waals surface area contributed by atoms with Crippen molar-refractivity contribution >= 4 is 33.5 Å². The number of hydrogen-bond acceptors (Lipinski definition) is 4. The van der Waals surface area contributed by atoms with Crippen molar-refractivity contribution < 1.29 is 15.0 Å². The van der Waals surface area contributed by atoms with E-state index in [4.69, 9.17) is 5.11 Å². The van der Waals surface area contributed by atoms with E-state index in [1.54, 1.807) is 36.5 Å². The monoisotopic (exact) mass is 401 g/mol. The third-order valence-corrected chi connectivity index (χ3v) is 4.48. The van der Waals surface area contributed by atoms with Crippen LogP contribution in [0.25, 0.3) is 11.3 Å². The van der Waals surface area contributed by atoms with Gasteiger partial charge in [0.1, 0.15) is 5.75 Å². The molecule has 0 bridgehead atoms. The topological polar surface area (TPSA) is 87.4 Å². The molecule has 0 aliphatic rings. The molecule has 2 aromatic carbocycles. The third kappa shape index (κ3) is 3.51. The summed E-state index contributed by atoms with van der Waals surface area (Å²) in [4.78, 5) is 15.3. The molecule has 0 aliphatic heterocycles. The van der Waals surface area contributed by atoms with Gasteiger partial charge in [-0.15, -0.1) is 0 Å². The van der Waals surface area contributed by atoms with Gasteiger partial charge in [-0.1, -0.05) is 15.9 Å². The highest BCUT2D eigenvalue weighted by Crippen LogP contribution is 2.33. The Balaban J connectivity index is 1.94. The molecule has 1 aromatic heterocycles. The molecule has 0 spiro atoms. The second-order valence-corrected chi connectivity index (χ2v) is 6.24. The molecule has 128 valence electrons. The van der Waals surface area contributed by atoms with E-state index < -0.39 is 5.97 Å². The molecule has 3 rings (SSSR count). The lowest BCUT2D eigenvalue weighted by Gasteiger charge is -2.12. The average molecular weight is 402 g/mol. The molecule has 0 saturated heterocycles. The number of rotatable bonds is 5. The zero-order valence-corrected chi connectivity index (χ0v) is 15.0. The van der Waals surface area contributed by atoms with E-state index in [1.807, 2.05) is 11.5 Å². The highest BCUT2D eigenvalue weighted by Gasteiger charge is 2.14. The lowest BCUT2D eigenvalue weighted by molar-refractivity contribution is 0.0697. The first-order valence-corrected chi connectivity index (χ1v) is 8.43. The molecule has 25 heavy (non-hydrogen) atoms. The van der Waals surface area contributed by atoms with Gasteiger partial charge < -0.3 is 20.1 Å². The molecule has 3 N–H and O–H groups in total. The van der Waals surface area contributed by atoms with E-state index in [-0.39, 0.29) is 11.3 Å². The molecule has 1 heterocycles. The minimum Gasteiger partial charge on any atom is -0.508 e. The second-order valence-electron chi connectivity index (χ2n) is 5.38. The van der Waals surface area contributed by atoms with Crippen molar-refractivity contribution in [2.24, 2.45) is 0 Å². The summed E-state index contributed by atoms with van der Waals surface area (Å²) in [6.45, 7) is 2.67. The molecule has 0 radical (unpaired) electrons. The summed E-state index contributed by atoms with van der Waals surface area (Å²) in [5, 5.41) is 21.9. The standard InChI is InChI=1S/C18H16BrN3O3/c1-2-22-16(14-9-13(23)7-8-15(14)19)10-20-18(22)21-12-5-3-11(4-6-12)17(24)25/h3-10,23H,2H2,1H3,(H,20,21)(H,24,25). The molecule has 0 saturated carbocycles. The molecule has 0 atom stereocenters. The normalized spacial score (nSPS) is 10.6. The summed E-state index contributed by atoms with van der Waals surface area (Å²) in [6, 6.07) is 11.6. The Morgan fingerprint density at radius 3 is 2.60 bits per heavy atom. The van der Waals surface area contributed by atoms with Gasteiger partial charge in [0.15, 0.2) is 0 Å². The predicted octanol–water partition coefficient (Wildman–Crippen LogP) is 4.48. The Morgan fingerprint density at radius 1 is 1.24 bits per heavy atom. The number of carboxylic acids is 1. The lowest BCUT2D eigenvalue weighted by Crippen LogP contribution is -2.04. The number of nitrogens with zero attached hydrogens (tertiary/aromatic N) is 2. The fourth-order valence-corrected chi connectivity index (χ4v) is 3.00. The van der Waals surface area contributed by atoms with E-state index in [0.29, 0.717) is 12.5 Å². The summed E-state index contributed by atoms with van der Waals surface area (Å²) < 4.78 is 2.84. The number of imidazole rings is 1. The molecule has 0 fully saturated rings. The Hall–Kier alpha value is -2.80. The highest BCUT2D eigenvalue weighted by molar-refractivity contribution is 9.10. The minimum absolute atomic E-state index is 0.181. The number of aromatic hydroxyl groups is 1. The molecule has 0 unspecified atom stereocenters. The summed E-state index contributed by atoms with van der Waals surface area (Å²) in [7, 11) is 0. The average Bonchev–Trinajstić information content (AvgIpc) is 3.00. The maximum Gasteiger partial charge on any atom is 0.335 e. The fraction of sp³-hybridized carbons (Fsp3) is 0.111. The maximum atomic E-state index is 10.9. The second kappa shape index (κ2) is 6.98. The van der Waals surface area contributed by atoms with Crippen LogP contribution in [0, 0.1) is 0 Å². The van der Waals surface area contributed by atoms with E-state index in [0.717, 1.165) is 21.4 Å². The van der Waals surface area contributed by atoms with Crippen LogP contribution in [0.5, 0.6) is 5.75 Å². The summed E-state index contributed by atoms with van der Waals surface area (Å²) in [6.07, 6.45) is 1.73. The van der Waals surface area contributed by atoms with Crippen LogP contribution < -0.4 is 5.32 Å². The van der Waals surface area contributed by atoms with Crippen molar-refractivity contribution in [2.75, 3.05) is 5.32 Å². The number of carbonyl (C=O) groups is 1. The van der Waals surface area contributed by atoms with E-state index in [2.05, 4.69) is 26.2 Å². The predicted molar refractivity (Wildman–Crippen MR) is 99.4 cm³/mol. The number of nitrogens with one attached hydrogen (secondary N) is 1. The summed E-state index contributed by atoms with van der Waals surface area (Å²) >= 11 is 3.50. The smallest absolute Gasteiger partial charge is 0.335 e. The van der Waals surface area contributed by atoms with Crippen LogP contribution in [0.4, 0.5) is 11.6 Å². The first kappa shape index (κ1) is 17.0. The first-order valence-electron chi connectivity index (χ1n) is 7.64. The van der Waals surface area contributed by atoms with Crippen LogP contribution >= 0.6 is 15.9 Å². The highest BCUT2D eigenvalue weighted by atomic mass is 79.9. The number of benzene rings is 2. The molecule has 3 aromatic rings. The maximum absolute atomic E-state index is 10.9. The molecule has 0 amide bonds. The number of aromatic carboxylic acids is 1. The zero-order chi connectivity index (χ0) is 18.0. The molecular weight excluding hydrogens is 386 g/mol. The summed E-state index contributed by atoms with van der Waals surface area (Å²) in [5.41, 5.74) is 2.67. The number of hydrogen-bond donors (Lipinski definition) is 3. The SMILES string of the molecule is CCn1c(-c2cc(O)ccc2Br)cnc1Nc1ccc(C(=O)O)cc1. The van der Waals surface area contributed by atoms with Gasteiger partial charge in [0.2, 0.25) is 5.95 Å². The number of halogens is 1. The number of aromatic nitrogens is 2. The Morgan fingerprint density at radius 2 is 1.96 bits per heavy atom. The molecule has 6 nitrogen and oxygen atoms in total. The van der Waals surface area contributed by atoms with Gasteiger partial charge >= 0.3 is 5.97 Å². The van der Waals surface area contributed by atoms with Crippen molar-refractivity contribution in [3.63, 3.8) is 0 Å². The van der Waals surface area contributed by atoms with E-state index in [1.165, 1.54) is 12.1 Å². The molecule has 7 heteroatoms. The number of anilines is 2.